The number of benzene rings is 2. The smallest absolute Gasteiger partial charge is 0.254 e. The predicted octanol–water partition coefficient (Wildman–Crippen LogP) is 2.28. The van der Waals surface area contributed by atoms with Gasteiger partial charge in [-0.25, -0.2) is 4.98 Å². The van der Waals surface area contributed by atoms with Crippen LogP contribution < -0.4 is 16.0 Å². The van der Waals surface area contributed by atoms with Crippen molar-refractivity contribution in [1.29, 1.82) is 0 Å². The van der Waals surface area contributed by atoms with Crippen LogP contribution in [0.15, 0.2) is 48.5 Å². The molecular weight excluding hydrogens is 382 g/mol. The van der Waals surface area contributed by atoms with Crippen LogP contribution in [-0.2, 0) is 16.6 Å². The minimum absolute atomic E-state index is 0.100. The summed E-state index contributed by atoms with van der Waals surface area (Å²) in [6.07, 6.45) is 0.301. The molecule has 1 aromatic heterocycles. The molecule has 4 rings (SSSR count). The van der Waals surface area contributed by atoms with Gasteiger partial charge in [0.1, 0.15) is 11.9 Å². The molecule has 0 radical (unpaired) electrons. The fourth-order valence-corrected chi connectivity index (χ4v) is 3.72. The average Bonchev–Trinajstić information content (AvgIpc) is 3.01. The molecule has 0 saturated heterocycles. The van der Waals surface area contributed by atoms with Crippen molar-refractivity contribution in [2.24, 2.45) is 7.05 Å². The van der Waals surface area contributed by atoms with E-state index in [-0.39, 0.29) is 36.6 Å². The van der Waals surface area contributed by atoms with Crippen molar-refractivity contribution >= 4 is 34.4 Å². The highest BCUT2D eigenvalue weighted by atomic mass is 16.2. The summed E-state index contributed by atoms with van der Waals surface area (Å²) in [5.74, 6) is -0.120. The van der Waals surface area contributed by atoms with E-state index in [2.05, 4.69) is 20.9 Å². The van der Waals surface area contributed by atoms with Crippen LogP contribution in [0, 0.1) is 0 Å². The zero-order chi connectivity index (χ0) is 21.3. The standard InChI is InChI=1S/C22H23N5O3/c1-13(20-24-16-9-5-6-10-18(16)27(20)2)23-19(28)12-11-17-22(30)25-15-8-4-3-7-14(15)21(29)26-17/h3-10,13,17H,11-12H2,1-2H3,(H,23,28)(H,25,30)(H,26,29)/t13-,17+/m0/s1. The monoisotopic (exact) mass is 405 g/mol. The number of amides is 3. The molecule has 3 amide bonds. The Morgan fingerprint density at radius 3 is 2.70 bits per heavy atom. The molecule has 3 aromatic rings. The highest BCUT2D eigenvalue weighted by molar-refractivity contribution is 6.09. The molecule has 8 nitrogen and oxygen atoms in total. The van der Waals surface area contributed by atoms with Crippen molar-refractivity contribution < 1.29 is 14.4 Å². The second-order valence-electron chi connectivity index (χ2n) is 7.41. The zero-order valence-corrected chi connectivity index (χ0v) is 16.8. The molecular formula is C22H23N5O3. The number of aromatic nitrogens is 2. The molecule has 0 saturated carbocycles. The minimum Gasteiger partial charge on any atom is -0.346 e. The van der Waals surface area contributed by atoms with Crippen molar-refractivity contribution in [3.63, 3.8) is 0 Å². The second kappa shape index (κ2) is 7.98. The van der Waals surface area contributed by atoms with E-state index < -0.39 is 6.04 Å². The number of nitrogens with one attached hydrogen (secondary N) is 3. The van der Waals surface area contributed by atoms with Gasteiger partial charge in [-0.1, -0.05) is 24.3 Å². The van der Waals surface area contributed by atoms with Gasteiger partial charge in [0.15, 0.2) is 0 Å². The van der Waals surface area contributed by atoms with Gasteiger partial charge in [-0.2, -0.15) is 0 Å². The molecule has 8 heteroatoms. The maximum Gasteiger partial charge on any atom is 0.254 e. The van der Waals surface area contributed by atoms with E-state index in [1.54, 1.807) is 24.3 Å². The summed E-state index contributed by atoms with van der Waals surface area (Å²) in [5.41, 5.74) is 2.75. The fourth-order valence-electron chi connectivity index (χ4n) is 3.72. The third-order valence-electron chi connectivity index (χ3n) is 5.30. The Bertz CT molecular complexity index is 1140. The number of nitrogens with zero attached hydrogens (tertiary/aromatic N) is 2. The van der Waals surface area contributed by atoms with Gasteiger partial charge in [-0.15, -0.1) is 0 Å². The van der Waals surface area contributed by atoms with E-state index in [4.69, 9.17) is 0 Å². The van der Waals surface area contributed by atoms with Crippen molar-refractivity contribution in [3.05, 3.63) is 59.9 Å². The topological polar surface area (TPSA) is 105 Å². The van der Waals surface area contributed by atoms with Crippen LogP contribution in [0.3, 0.4) is 0 Å². The number of anilines is 1. The zero-order valence-electron chi connectivity index (χ0n) is 16.8. The van der Waals surface area contributed by atoms with Gasteiger partial charge < -0.3 is 20.5 Å². The van der Waals surface area contributed by atoms with Crippen LogP contribution in [0.2, 0.25) is 0 Å². The molecule has 3 N–H and O–H groups in total. The SMILES string of the molecule is C[C@H](NC(=O)CC[C@H]1NC(=O)c2ccccc2NC1=O)c1nc2ccccc2n1C. The molecule has 2 aromatic carbocycles. The Kier molecular flexibility index (Phi) is 5.22. The lowest BCUT2D eigenvalue weighted by molar-refractivity contribution is -0.122. The number of para-hydroxylation sites is 3. The molecule has 2 atom stereocenters. The number of hydrogen-bond donors (Lipinski definition) is 3. The molecule has 2 heterocycles. The third-order valence-corrected chi connectivity index (χ3v) is 5.30. The first-order valence-corrected chi connectivity index (χ1v) is 9.85. The summed E-state index contributed by atoms with van der Waals surface area (Å²) in [7, 11) is 1.91. The van der Waals surface area contributed by atoms with Crippen molar-refractivity contribution in [2.45, 2.75) is 31.8 Å². The van der Waals surface area contributed by atoms with E-state index in [9.17, 15) is 14.4 Å². The van der Waals surface area contributed by atoms with Crippen LogP contribution in [0.5, 0.6) is 0 Å². The lowest BCUT2D eigenvalue weighted by Crippen LogP contribution is -2.42. The summed E-state index contributed by atoms with van der Waals surface area (Å²) < 4.78 is 1.95. The van der Waals surface area contributed by atoms with E-state index in [0.29, 0.717) is 11.3 Å². The summed E-state index contributed by atoms with van der Waals surface area (Å²) in [5, 5.41) is 8.38. The highest BCUT2D eigenvalue weighted by Crippen LogP contribution is 2.21. The van der Waals surface area contributed by atoms with Crippen molar-refractivity contribution in [3.8, 4) is 0 Å². The summed E-state index contributed by atoms with van der Waals surface area (Å²) >= 11 is 0. The van der Waals surface area contributed by atoms with Crippen molar-refractivity contribution in [2.75, 3.05) is 5.32 Å². The second-order valence-corrected chi connectivity index (χ2v) is 7.41. The van der Waals surface area contributed by atoms with Gasteiger partial charge in [0, 0.05) is 13.5 Å². The summed E-state index contributed by atoms with van der Waals surface area (Å²) in [6, 6.07) is 13.5. The summed E-state index contributed by atoms with van der Waals surface area (Å²) in [6.45, 7) is 1.87. The molecule has 0 unspecified atom stereocenters. The Morgan fingerprint density at radius 1 is 1.17 bits per heavy atom. The first kappa shape index (κ1) is 19.6. The molecule has 1 aliphatic heterocycles. The quantitative estimate of drug-likeness (QED) is 0.606. The predicted molar refractivity (Wildman–Crippen MR) is 113 cm³/mol. The number of rotatable bonds is 5. The Balaban J connectivity index is 1.38. The maximum absolute atomic E-state index is 12.5. The third kappa shape index (κ3) is 3.76. The van der Waals surface area contributed by atoms with Gasteiger partial charge in [-0.3, -0.25) is 14.4 Å². The van der Waals surface area contributed by atoms with Gasteiger partial charge in [0.05, 0.1) is 28.3 Å². The lowest BCUT2D eigenvalue weighted by Gasteiger charge is -2.16. The van der Waals surface area contributed by atoms with Gasteiger partial charge in [-0.05, 0) is 37.6 Å². The fraction of sp³-hybridized carbons (Fsp3) is 0.273. The van der Waals surface area contributed by atoms with Crippen LogP contribution in [0.1, 0.15) is 42.0 Å². The largest absolute Gasteiger partial charge is 0.346 e. The first-order valence-electron chi connectivity index (χ1n) is 9.85. The van der Waals surface area contributed by atoms with E-state index >= 15 is 0 Å². The molecule has 0 fully saturated rings. The molecule has 0 spiro atoms. The minimum atomic E-state index is -0.776. The maximum atomic E-state index is 12.5. The summed E-state index contributed by atoms with van der Waals surface area (Å²) in [4.78, 5) is 41.9. The average molecular weight is 405 g/mol. The van der Waals surface area contributed by atoms with Crippen LogP contribution >= 0.6 is 0 Å². The Hall–Kier alpha value is -3.68. The Labute approximate surface area is 173 Å². The normalized spacial score (nSPS) is 16.9. The number of carbonyl (C=O) groups is 3. The molecule has 0 bridgehead atoms. The van der Waals surface area contributed by atoms with E-state index in [1.165, 1.54) is 0 Å². The van der Waals surface area contributed by atoms with Crippen LogP contribution in [0.25, 0.3) is 11.0 Å². The Morgan fingerprint density at radius 2 is 1.90 bits per heavy atom. The van der Waals surface area contributed by atoms with E-state index in [0.717, 1.165) is 16.9 Å². The number of fused-ring (bicyclic) bond motifs is 2. The lowest BCUT2D eigenvalue weighted by atomic mass is 10.1. The van der Waals surface area contributed by atoms with Gasteiger partial charge in [0.2, 0.25) is 11.8 Å². The number of hydrogen-bond acceptors (Lipinski definition) is 4. The molecule has 0 aliphatic carbocycles. The highest BCUT2D eigenvalue weighted by Gasteiger charge is 2.28. The number of imidazole rings is 1. The molecule has 30 heavy (non-hydrogen) atoms. The van der Waals surface area contributed by atoms with Gasteiger partial charge >= 0.3 is 0 Å². The van der Waals surface area contributed by atoms with Crippen LogP contribution in [0.4, 0.5) is 5.69 Å². The molecule has 1 aliphatic rings. The number of aryl methyl sites for hydroxylation is 1. The molecule has 154 valence electrons. The van der Waals surface area contributed by atoms with Crippen molar-refractivity contribution in [1.82, 2.24) is 20.2 Å². The van der Waals surface area contributed by atoms with Crippen LogP contribution in [-0.4, -0.2) is 33.3 Å². The van der Waals surface area contributed by atoms with Gasteiger partial charge in [0.25, 0.3) is 5.91 Å². The number of carbonyl (C=O) groups excluding carboxylic acids is 3. The first-order chi connectivity index (χ1) is 14.4. The van der Waals surface area contributed by atoms with E-state index in [1.807, 2.05) is 42.8 Å².